The number of rotatable bonds is 18. The number of aromatic nitrogens is 6. The molecule has 2 aromatic carbocycles. The minimum atomic E-state index is -0.751. The van der Waals surface area contributed by atoms with Gasteiger partial charge >= 0.3 is 0 Å². The van der Waals surface area contributed by atoms with E-state index in [2.05, 4.69) is 36.4 Å². The van der Waals surface area contributed by atoms with Gasteiger partial charge in [-0.15, -0.1) is 0 Å². The van der Waals surface area contributed by atoms with Gasteiger partial charge in [0.2, 0.25) is 23.5 Å². The fourth-order valence-electron chi connectivity index (χ4n) is 8.44. The summed E-state index contributed by atoms with van der Waals surface area (Å²) in [6, 6.07) is 10.2. The lowest BCUT2D eigenvalue weighted by molar-refractivity contribution is -0.137. The molecule has 2 aliphatic heterocycles. The van der Waals surface area contributed by atoms with Crippen molar-refractivity contribution in [3.63, 3.8) is 0 Å². The molecule has 3 aliphatic rings. The number of carbonyl (C=O) groups excluding carboxylic acids is 5. The van der Waals surface area contributed by atoms with Crippen LogP contribution in [0.1, 0.15) is 88.6 Å². The number of anilines is 3. The maximum atomic E-state index is 13.6. The first-order chi connectivity index (χ1) is 31.5. The van der Waals surface area contributed by atoms with Gasteiger partial charge in [-0.2, -0.15) is 5.10 Å². The number of hydrogen-bond acceptors (Lipinski definition) is 14. The highest BCUT2D eigenvalue weighted by Crippen LogP contribution is 2.43. The molecule has 1 saturated carbocycles. The molecule has 4 aromatic heterocycles. The van der Waals surface area contributed by atoms with Gasteiger partial charge in [0.15, 0.2) is 0 Å². The summed E-state index contributed by atoms with van der Waals surface area (Å²) >= 11 is 0. The molecule has 338 valence electrons. The van der Waals surface area contributed by atoms with Crippen LogP contribution in [0.15, 0.2) is 40.9 Å². The van der Waals surface area contributed by atoms with E-state index in [0.717, 1.165) is 52.1 Å². The Morgan fingerprint density at radius 1 is 0.985 bits per heavy atom. The highest BCUT2D eigenvalue weighted by atomic mass is 16.5. The number of imide groups is 1. The molecule has 0 spiro atoms. The van der Waals surface area contributed by atoms with Crippen molar-refractivity contribution in [3.8, 4) is 16.9 Å². The number of aryl methyl sites for hydroxylation is 3. The third-order valence-electron chi connectivity index (χ3n) is 11.9. The lowest BCUT2D eigenvalue weighted by atomic mass is 10.0. The van der Waals surface area contributed by atoms with Gasteiger partial charge < -0.3 is 44.6 Å². The average Bonchev–Trinajstić information content (AvgIpc) is 3.66. The van der Waals surface area contributed by atoms with Crippen molar-refractivity contribution in [2.75, 3.05) is 50.7 Å². The molecule has 6 aromatic rings. The third-order valence-corrected chi connectivity index (χ3v) is 11.9. The Hall–Kier alpha value is -7.19. The van der Waals surface area contributed by atoms with E-state index in [9.17, 15) is 24.0 Å². The summed E-state index contributed by atoms with van der Waals surface area (Å²) in [6.45, 7) is 7.46. The van der Waals surface area contributed by atoms with E-state index in [1.807, 2.05) is 43.7 Å². The maximum Gasteiger partial charge on any atom is 0.289 e. The number of fused-ring (bicyclic) bond motifs is 4. The fourth-order valence-corrected chi connectivity index (χ4v) is 8.44. The Balaban J connectivity index is 0.794. The van der Waals surface area contributed by atoms with Crippen molar-refractivity contribution in [2.45, 2.75) is 77.9 Å². The van der Waals surface area contributed by atoms with Gasteiger partial charge in [-0.3, -0.25) is 29.3 Å². The van der Waals surface area contributed by atoms with Crippen LogP contribution >= 0.6 is 0 Å². The molecule has 0 radical (unpaired) electrons. The molecule has 1 saturated heterocycles. The van der Waals surface area contributed by atoms with Crippen molar-refractivity contribution >= 4 is 68.8 Å². The van der Waals surface area contributed by atoms with Gasteiger partial charge in [-0.05, 0) is 64.3 Å². The van der Waals surface area contributed by atoms with E-state index >= 15 is 0 Å². The zero-order valence-electron chi connectivity index (χ0n) is 36.5. The van der Waals surface area contributed by atoms with Crippen LogP contribution in [-0.4, -0.2) is 110 Å². The first-order valence-electron chi connectivity index (χ1n) is 21.7. The van der Waals surface area contributed by atoms with Gasteiger partial charge in [0.1, 0.15) is 34.8 Å². The summed E-state index contributed by atoms with van der Waals surface area (Å²) in [6.07, 6.45) is 2.67. The molecule has 1 unspecified atom stereocenters. The lowest BCUT2D eigenvalue weighted by Gasteiger charge is -2.29. The number of carbonyl (C=O) groups is 5. The van der Waals surface area contributed by atoms with Crippen molar-refractivity contribution in [1.82, 2.24) is 45.4 Å². The second kappa shape index (κ2) is 18.1. The zero-order chi connectivity index (χ0) is 45.4. The van der Waals surface area contributed by atoms with Gasteiger partial charge in [0.05, 0.1) is 62.3 Å². The van der Waals surface area contributed by atoms with Crippen LogP contribution in [0.25, 0.3) is 33.1 Å². The fraction of sp³-hybridized carbons (Fsp3) is 0.400. The quantitative estimate of drug-likeness (QED) is 0.0576. The maximum absolute atomic E-state index is 13.6. The predicted octanol–water partition coefficient (Wildman–Crippen LogP) is 4.78. The van der Waals surface area contributed by atoms with Crippen molar-refractivity contribution in [1.29, 1.82) is 0 Å². The zero-order valence-corrected chi connectivity index (χ0v) is 36.5. The van der Waals surface area contributed by atoms with E-state index in [-0.39, 0.29) is 82.3 Å². The van der Waals surface area contributed by atoms with E-state index in [0.29, 0.717) is 57.6 Å². The van der Waals surface area contributed by atoms with Crippen LogP contribution < -0.4 is 26.0 Å². The second-order valence-corrected chi connectivity index (χ2v) is 16.2. The highest BCUT2D eigenvalue weighted by Gasteiger charge is 2.40. The van der Waals surface area contributed by atoms with Crippen LogP contribution in [0, 0.1) is 13.8 Å². The van der Waals surface area contributed by atoms with Crippen LogP contribution in [0.3, 0.4) is 0 Å². The minimum Gasteiger partial charge on any atom is -0.496 e. The summed E-state index contributed by atoms with van der Waals surface area (Å²) in [5, 5.41) is 21.9. The second-order valence-electron chi connectivity index (χ2n) is 16.2. The molecule has 20 nitrogen and oxygen atoms in total. The standard InChI is InChI=1S/C45H49N11O9/c1-5-56-35(21-31(53-56)25-9-10-25)49-41-39-27-20-34(62-4)28(38-23(2)54-65-24(38)3)19-32(27)48-40(39)51-42(52-41)44(60)46-14-16-64-18-17-63-15-13-37(58)47-30-8-6-7-26-29(30)22-55(45(26)61)33-11-12-36(57)50-43(33)59/h6-8,19-21,25,33H,5,9-18,22H2,1-4H3,(H,46,60)(H,47,58)(H,50,57,59)(H2,48,49,51,52). The summed E-state index contributed by atoms with van der Waals surface area (Å²) in [5.41, 5.74) is 6.08. The summed E-state index contributed by atoms with van der Waals surface area (Å²) in [5.74, 6) is 0.869. The van der Waals surface area contributed by atoms with E-state index in [4.69, 9.17) is 28.8 Å². The molecule has 6 heterocycles. The predicted molar refractivity (Wildman–Crippen MR) is 236 cm³/mol. The molecule has 1 aliphatic carbocycles. The number of aromatic amines is 1. The van der Waals surface area contributed by atoms with Crippen molar-refractivity contribution in [3.05, 3.63) is 70.5 Å². The Morgan fingerprint density at radius 3 is 2.54 bits per heavy atom. The molecule has 2 fully saturated rings. The Kier molecular flexibility index (Phi) is 12.0. The molecule has 65 heavy (non-hydrogen) atoms. The average molecular weight is 888 g/mol. The van der Waals surface area contributed by atoms with E-state index < -0.39 is 17.9 Å². The van der Waals surface area contributed by atoms with Crippen LogP contribution in [0.5, 0.6) is 5.75 Å². The molecule has 9 rings (SSSR count). The Morgan fingerprint density at radius 2 is 1.80 bits per heavy atom. The van der Waals surface area contributed by atoms with Crippen LogP contribution in [0.4, 0.5) is 17.3 Å². The topological polar surface area (TPSA) is 250 Å². The van der Waals surface area contributed by atoms with Gasteiger partial charge in [-0.1, -0.05) is 11.2 Å². The number of nitrogens with zero attached hydrogens (tertiary/aromatic N) is 6. The minimum absolute atomic E-state index is 0.0465. The number of hydrogen-bond donors (Lipinski definition) is 5. The normalized spacial score (nSPS) is 16.0. The number of H-pyrrole nitrogens is 1. The van der Waals surface area contributed by atoms with Crippen LogP contribution in [-0.2, 0) is 36.9 Å². The first-order valence-corrected chi connectivity index (χ1v) is 21.7. The number of amides is 5. The van der Waals surface area contributed by atoms with Crippen LogP contribution in [0.2, 0.25) is 0 Å². The van der Waals surface area contributed by atoms with E-state index in [1.54, 1.807) is 25.3 Å². The smallest absolute Gasteiger partial charge is 0.289 e. The van der Waals surface area contributed by atoms with Gasteiger partial charge in [0.25, 0.3) is 11.8 Å². The lowest BCUT2D eigenvalue weighted by Crippen LogP contribution is -2.52. The highest BCUT2D eigenvalue weighted by molar-refractivity contribution is 6.14. The Labute approximate surface area is 372 Å². The largest absolute Gasteiger partial charge is 0.496 e. The number of methoxy groups -OCH3 is 1. The summed E-state index contributed by atoms with van der Waals surface area (Å²) in [7, 11) is 1.61. The number of ether oxygens (including phenoxy) is 3. The first kappa shape index (κ1) is 43.1. The monoisotopic (exact) mass is 887 g/mol. The Bertz CT molecular complexity index is 2840. The van der Waals surface area contributed by atoms with Gasteiger partial charge in [-0.25, -0.2) is 14.6 Å². The molecule has 1 atom stereocenters. The molecular formula is C45H49N11O9. The van der Waals surface area contributed by atoms with Crippen molar-refractivity contribution in [2.24, 2.45) is 0 Å². The molecule has 20 heteroatoms. The molecule has 5 N–H and O–H groups in total. The van der Waals surface area contributed by atoms with Crippen molar-refractivity contribution < 1.29 is 42.7 Å². The van der Waals surface area contributed by atoms with Gasteiger partial charge in [0, 0.05) is 71.3 Å². The third kappa shape index (κ3) is 8.73. The molecular weight excluding hydrogens is 839 g/mol. The summed E-state index contributed by atoms with van der Waals surface area (Å²) < 4.78 is 24.5. The summed E-state index contributed by atoms with van der Waals surface area (Å²) in [4.78, 5) is 77.8. The number of nitrogens with one attached hydrogen (secondary N) is 5. The van der Waals surface area contributed by atoms with E-state index in [1.165, 1.54) is 4.90 Å². The number of benzene rings is 2. The molecule has 0 bridgehead atoms. The molecule has 5 amide bonds. The SMILES string of the molecule is CCn1nc(C2CC2)cc1Nc1nc(C(=O)NCCOCCOCCC(=O)Nc2cccc3c2CN(C2CCC(=O)NC2=O)C3=O)nc2[nH]c3cc(-c4c(C)noc4C)c(OC)cc3c12. The number of piperidine rings is 1.